The highest BCUT2D eigenvalue weighted by Gasteiger charge is 2.67. The van der Waals surface area contributed by atoms with Crippen LogP contribution in [0.15, 0.2) is 37.0 Å². The molecule has 0 amide bonds. The summed E-state index contributed by atoms with van der Waals surface area (Å²) >= 11 is 0. The quantitative estimate of drug-likeness (QED) is 0.0678. The molecule has 322 valence electrons. The Kier molecular flexibility index (Phi) is 14.2. The summed E-state index contributed by atoms with van der Waals surface area (Å²) in [6.07, 6.45) is 12.1. The van der Waals surface area contributed by atoms with Gasteiger partial charge in [-0.1, -0.05) is 67.7 Å². The lowest BCUT2D eigenvalue weighted by atomic mass is 9.80. The highest BCUT2D eigenvalue weighted by Crippen LogP contribution is 2.54. The topological polar surface area (TPSA) is 90.9 Å². The maximum atomic E-state index is 11.9. The van der Waals surface area contributed by atoms with Crippen LogP contribution >= 0.6 is 0 Å². The van der Waals surface area contributed by atoms with Crippen LogP contribution in [0.1, 0.15) is 119 Å². The fraction of sp³-hybridized carbons (Fsp3) is 0.851. The number of carbonyl (C=O) groups is 1. The zero-order valence-corrected chi connectivity index (χ0v) is 37.4. The molecular formula is C47H76O9Si. The van der Waals surface area contributed by atoms with Gasteiger partial charge in [0.15, 0.2) is 14.1 Å². The zero-order chi connectivity index (χ0) is 40.6. The van der Waals surface area contributed by atoms with Crippen molar-refractivity contribution in [1.82, 2.24) is 0 Å². The molecule has 8 aliphatic heterocycles. The van der Waals surface area contributed by atoms with Crippen molar-refractivity contribution in [2.75, 3.05) is 6.61 Å². The second-order valence-electron chi connectivity index (χ2n) is 19.4. The summed E-state index contributed by atoms with van der Waals surface area (Å²) in [4.78, 5) is 11.9. The molecule has 0 saturated carbocycles. The molecule has 8 saturated heterocycles. The molecular weight excluding hydrogens is 737 g/mol. The molecule has 0 spiro atoms. The maximum absolute atomic E-state index is 11.9. The van der Waals surface area contributed by atoms with Gasteiger partial charge < -0.3 is 42.4 Å². The molecule has 0 aliphatic carbocycles. The summed E-state index contributed by atoms with van der Waals surface area (Å²) in [7, 11) is -1.64. The number of hydrogen-bond donors (Lipinski definition) is 0. The lowest BCUT2D eigenvalue weighted by molar-refractivity contribution is -0.262. The van der Waals surface area contributed by atoms with Gasteiger partial charge in [0.2, 0.25) is 0 Å². The molecule has 8 aliphatic rings. The molecule has 57 heavy (non-hydrogen) atoms. The van der Waals surface area contributed by atoms with Crippen LogP contribution in [-0.2, 0) is 42.4 Å². The smallest absolute Gasteiger partial charge is 0.191 e. The van der Waals surface area contributed by atoms with Gasteiger partial charge in [0, 0.05) is 38.2 Å². The summed E-state index contributed by atoms with van der Waals surface area (Å²) in [5.74, 6) is 0.800. The van der Waals surface area contributed by atoms with Gasteiger partial charge in [-0.25, -0.2) is 0 Å². The third kappa shape index (κ3) is 9.06. The van der Waals surface area contributed by atoms with E-state index < -0.39 is 14.1 Å². The van der Waals surface area contributed by atoms with Crippen LogP contribution in [0.5, 0.6) is 0 Å². The Morgan fingerprint density at radius 3 is 2.26 bits per heavy atom. The maximum Gasteiger partial charge on any atom is 0.191 e. The van der Waals surface area contributed by atoms with Gasteiger partial charge in [0.05, 0.1) is 54.9 Å². The van der Waals surface area contributed by atoms with Crippen molar-refractivity contribution in [2.24, 2.45) is 29.6 Å². The Bertz CT molecular complexity index is 1410. The van der Waals surface area contributed by atoms with Crippen molar-refractivity contribution in [2.45, 2.75) is 216 Å². The van der Waals surface area contributed by atoms with Gasteiger partial charge in [0.25, 0.3) is 0 Å². The summed E-state index contributed by atoms with van der Waals surface area (Å²) in [6.45, 7) is 29.7. The van der Waals surface area contributed by atoms with Gasteiger partial charge in [-0.15, -0.1) is 6.58 Å². The normalized spacial score (nSPS) is 44.5. The Morgan fingerprint density at radius 2 is 1.54 bits per heavy atom. The molecule has 3 unspecified atom stereocenters. The first-order valence-electron chi connectivity index (χ1n) is 23.0. The third-order valence-corrected chi connectivity index (χ3v) is 20.4. The highest BCUT2D eigenvalue weighted by molar-refractivity contribution is 6.73. The molecule has 8 heterocycles. The van der Waals surface area contributed by atoms with Gasteiger partial charge >= 0.3 is 0 Å². The van der Waals surface area contributed by atoms with Crippen molar-refractivity contribution < 1.29 is 42.4 Å². The predicted octanol–water partition coefficient (Wildman–Crippen LogP) is 9.29. The Hall–Kier alpha value is -1.21. The minimum Gasteiger partial charge on any atom is -0.417 e. The molecule has 0 aromatic heterocycles. The Labute approximate surface area is 345 Å². The van der Waals surface area contributed by atoms with Gasteiger partial charge in [-0.3, -0.25) is 0 Å². The predicted molar refractivity (Wildman–Crippen MR) is 224 cm³/mol. The van der Waals surface area contributed by atoms with Crippen molar-refractivity contribution in [1.29, 1.82) is 0 Å². The van der Waals surface area contributed by atoms with Crippen molar-refractivity contribution >= 4 is 14.6 Å². The minimum absolute atomic E-state index is 0.0215. The SMILES string of the molecule is C=CC[C@@H]1O[C@H]2[C@H]3O[C@]4(CC[C@H]5CC(=C)C(CC[C@H]6C[C@@H](C)C(=C)[C@@H](CC7O[C@H](C[C@H](C)CO[Si](CC)(CC)CC)[C@H](C)[C@H]7CC=O)O6)O5)C[C@H]3O[C@H]2[C@@H](O4)C1C. The second kappa shape index (κ2) is 18.4. The van der Waals surface area contributed by atoms with E-state index in [4.69, 9.17) is 37.6 Å². The molecule has 0 aromatic carbocycles. The molecule has 18 atom stereocenters. The molecule has 0 radical (unpaired) electrons. The Balaban J connectivity index is 0.896. The van der Waals surface area contributed by atoms with Crippen LogP contribution in [0.3, 0.4) is 0 Å². The molecule has 10 heteroatoms. The van der Waals surface area contributed by atoms with Crippen molar-refractivity contribution in [3.63, 3.8) is 0 Å². The van der Waals surface area contributed by atoms with E-state index in [2.05, 4.69) is 68.2 Å². The van der Waals surface area contributed by atoms with E-state index in [9.17, 15) is 4.79 Å². The van der Waals surface area contributed by atoms with Crippen molar-refractivity contribution in [3.8, 4) is 0 Å². The lowest BCUT2D eigenvalue weighted by Gasteiger charge is -2.42. The van der Waals surface area contributed by atoms with Gasteiger partial charge in [-0.2, -0.15) is 0 Å². The number of hydrogen-bond acceptors (Lipinski definition) is 9. The first kappa shape index (κ1) is 43.9. The van der Waals surface area contributed by atoms with E-state index in [1.165, 1.54) is 23.7 Å². The van der Waals surface area contributed by atoms with Crippen LogP contribution in [-0.4, -0.2) is 100 Å². The number of ether oxygens (including phenoxy) is 7. The fourth-order valence-corrected chi connectivity index (χ4v) is 14.5. The first-order valence-corrected chi connectivity index (χ1v) is 25.6. The molecule has 8 fully saturated rings. The summed E-state index contributed by atoms with van der Waals surface area (Å²) in [5, 5.41) is 0. The van der Waals surface area contributed by atoms with Gasteiger partial charge in [0.1, 0.15) is 24.6 Å². The first-order chi connectivity index (χ1) is 27.4. The molecule has 9 nitrogen and oxygen atoms in total. The van der Waals surface area contributed by atoms with Gasteiger partial charge in [-0.05, 0) is 97.9 Å². The largest absolute Gasteiger partial charge is 0.417 e. The van der Waals surface area contributed by atoms with Crippen LogP contribution in [0.4, 0.5) is 0 Å². The number of carbonyl (C=O) groups excluding carboxylic acids is 1. The number of aldehydes is 1. The second-order valence-corrected chi connectivity index (χ2v) is 24.2. The highest BCUT2D eigenvalue weighted by atomic mass is 28.4. The summed E-state index contributed by atoms with van der Waals surface area (Å²) < 4.78 is 53.8. The molecule has 0 aromatic rings. The molecule has 8 rings (SSSR count). The molecule has 0 N–H and O–H groups in total. The number of rotatable bonds is 20. The third-order valence-electron chi connectivity index (χ3n) is 15.8. The van der Waals surface area contributed by atoms with E-state index in [0.717, 1.165) is 82.7 Å². The average molecular weight is 813 g/mol. The van der Waals surface area contributed by atoms with Crippen molar-refractivity contribution in [3.05, 3.63) is 37.0 Å². The average Bonchev–Trinajstić information content (AvgIpc) is 3.86. The van der Waals surface area contributed by atoms with Crippen LogP contribution in [0.25, 0.3) is 0 Å². The lowest BCUT2D eigenvalue weighted by Crippen LogP contribution is -2.54. The minimum atomic E-state index is -1.64. The van der Waals surface area contributed by atoms with E-state index in [-0.39, 0.29) is 85.1 Å². The monoisotopic (exact) mass is 813 g/mol. The van der Waals surface area contributed by atoms with E-state index in [1.54, 1.807) is 0 Å². The standard InChI is InChI=1S/C47H76O9Si/c1-11-15-38-33(10)43-45-46(53-38)44-42(54-45)26-47(55-43,56-44)20-18-35-24-30(7)37(50-35)17-16-34-23-29(6)31(8)40(51-34)25-41-36(19-21-48)32(9)39(52-41)22-28(5)27-49-57(12-2,13-3)14-4/h11,21,28-29,32-46H,1,7-8,12-20,22-27H2,2-6,9-10H3/t28-,29+,32+,33?,34-,35-,36+,37?,38-,39+,40+,41?,42+,43-,44-,45-,46-,47+/m0/s1. The van der Waals surface area contributed by atoms with E-state index in [0.29, 0.717) is 24.2 Å². The van der Waals surface area contributed by atoms with Crippen LogP contribution in [0.2, 0.25) is 18.1 Å². The summed E-state index contributed by atoms with van der Waals surface area (Å²) in [5.41, 5.74) is 2.33. The molecule has 6 bridgehead atoms. The Morgan fingerprint density at radius 1 is 0.825 bits per heavy atom. The van der Waals surface area contributed by atoms with E-state index in [1.807, 2.05) is 6.08 Å². The zero-order valence-electron chi connectivity index (χ0n) is 36.4. The van der Waals surface area contributed by atoms with E-state index >= 15 is 0 Å². The summed E-state index contributed by atoms with van der Waals surface area (Å²) in [6, 6.07) is 3.50. The van der Waals surface area contributed by atoms with Crippen LogP contribution < -0.4 is 0 Å². The van der Waals surface area contributed by atoms with Crippen LogP contribution in [0, 0.1) is 29.6 Å². The fourth-order valence-electron chi connectivity index (χ4n) is 11.8.